The molecule has 3 aromatic rings. The molecule has 0 spiro atoms. The summed E-state index contributed by atoms with van der Waals surface area (Å²) in [6, 6.07) is 25.7. The molecule has 0 heterocycles. The van der Waals surface area contributed by atoms with Gasteiger partial charge in [-0.25, -0.2) is 0 Å². The molecule has 0 aromatic heterocycles. The topological polar surface area (TPSA) is 41.6 Å². The zero-order valence-corrected chi connectivity index (χ0v) is 15.7. The Morgan fingerprint density at radius 1 is 0.926 bits per heavy atom. The normalized spacial score (nSPS) is 10.3. The van der Waals surface area contributed by atoms with Crippen molar-refractivity contribution in [1.82, 2.24) is 0 Å². The molecule has 3 rings (SSSR count). The van der Waals surface area contributed by atoms with Crippen molar-refractivity contribution in [2.75, 3.05) is 30.9 Å². The van der Waals surface area contributed by atoms with E-state index in [4.69, 9.17) is 4.74 Å². The van der Waals surface area contributed by atoms with Crippen LogP contribution in [0.3, 0.4) is 0 Å². The minimum absolute atomic E-state index is 0.0138. The Hall–Kier alpha value is -3.27. The van der Waals surface area contributed by atoms with Gasteiger partial charge in [0.2, 0.25) is 5.91 Å². The number of para-hydroxylation sites is 3. The first kappa shape index (κ1) is 18.5. The highest BCUT2D eigenvalue weighted by molar-refractivity contribution is 5.95. The van der Waals surface area contributed by atoms with E-state index in [1.54, 1.807) is 7.11 Å². The highest BCUT2D eigenvalue weighted by Crippen LogP contribution is 2.28. The molecule has 4 heteroatoms. The van der Waals surface area contributed by atoms with Crippen molar-refractivity contribution in [3.63, 3.8) is 0 Å². The minimum Gasteiger partial charge on any atom is -0.495 e. The van der Waals surface area contributed by atoms with Gasteiger partial charge < -0.3 is 15.0 Å². The fraction of sp³-hybridized carbons (Fsp3) is 0.174. The Balaban J connectivity index is 1.65. The van der Waals surface area contributed by atoms with E-state index in [0.717, 1.165) is 28.3 Å². The van der Waals surface area contributed by atoms with E-state index in [-0.39, 0.29) is 5.91 Å². The maximum absolute atomic E-state index is 12.5. The summed E-state index contributed by atoms with van der Waals surface area (Å²) in [5, 5.41) is 3.05. The number of carbonyl (C=O) groups is 1. The summed E-state index contributed by atoms with van der Waals surface area (Å²) in [7, 11) is 3.61. The summed E-state index contributed by atoms with van der Waals surface area (Å²) in [4.78, 5) is 14.5. The first-order valence-corrected chi connectivity index (χ1v) is 8.97. The van der Waals surface area contributed by atoms with Crippen molar-refractivity contribution in [1.29, 1.82) is 0 Å². The standard InChI is InChI=1S/C23H24N2O2/c1-25(21-14-8-9-15-22(21)27-2)17-16-23(26)24-20-13-7-6-12-19(20)18-10-4-3-5-11-18/h3-15H,16-17H2,1-2H3,(H,24,26). The van der Waals surface area contributed by atoms with Crippen LogP contribution >= 0.6 is 0 Å². The largest absolute Gasteiger partial charge is 0.495 e. The van der Waals surface area contributed by atoms with Gasteiger partial charge in [-0.2, -0.15) is 0 Å². The molecule has 0 bridgehead atoms. The molecule has 0 aliphatic heterocycles. The highest BCUT2D eigenvalue weighted by Gasteiger charge is 2.11. The summed E-state index contributed by atoms with van der Waals surface area (Å²) < 4.78 is 5.39. The molecule has 0 atom stereocenters. The molecule has 0 unspecified atom stereocenters. The zero-order valence-electron chi connectivity index (χ0n) is 15.7. The van der Waals surface area contributed by atoms with Gasteiger partial charge in [0.1, 0.15) is 5.75 Å². The molecule has 3 aromatic carbocycles. The third-order valence-electron chi connectivity index (χ3n) is 4.46. The number of nitrogens with zero attached hydrogens (tertiary/aromatic N) is 1. The Morgan fingerprint density at radius 3 is 2.37 bits per heavy atom. The second-order valence-electron chi connectivity index (χ2n) is 6.30. The van der Waals surface area contributed by atoms with E-state index in [2.05, 4.69) is 5.32 Å². The second-order valence-corrected chi connectivity index (χ2v) is 6.30. The van der Waals surface area contributed by atoms with E-state index >= 15 is 0 Å². The van der Waals surface area contributed by atoms with Gasteiger partial charge in [0.15, 0.2) is 0 Å². The molecule has 1 amide bonds. The quantitative estimate of drug-likeness (QED) is 0.656. The third-order valence-corrected chi connectivity index (χ3v) is 4.46. The summed E-state index contributed by atoms with van der Waals surface area (Å²) in [5.41, 5.74) is 3.90. The molecule has 0 radical (unpaired) electrons. The average molecular weight is 360 g/mol. The number of methoxy groups -OCH3 is 1. The van der Waals surface area contributed by atoms with Crippen LogP contribution in [0.4, 0.5) is 11.4 Å². The maximum atomic E-state index is 12.5. The predicted octanol–water partition coefficient (Wildman–Crippen LogP) is 4.83. The molecular formula is C23H24N2O2. The molecule has 27 heavy (non-hydrogen) atoms. The smallest absolute Gasteiger partial charge is 0.226 e. The van der Waals surface area contributed by atoms with Crippen molar-refractivity contribution in [3.05, 3.63) is 78.9 Å². The van der Waals surface area contributed by atoms with Gasteiger partial charge in [0.25, 0.3) is 0 Å². The van der Waals surface area contributed by atoms with E-state index < -0.39 is 0 Å². The molecule has 0 aliphatic carbocycles. The van der Waals surface area contributed by atoms with Crippen molar-refractivity contribution in [3.8, 4) is 16.9 Å². The summed E-state index contributed by atoms with van der Waals surface area (Å²) in [6.45, 7) is 0.597. The van der Waals surface area contributed by atoms with Gasteiger partial charge in [-0.15, -0.1) is 0 Å². The Labute approximate surface area is 160 Å². The van der Waals surface area contributed by atoms with Crippen LogP contribution in [0.2, 0.25) is 0 Å². The van der Waals surface area contributed by atoms with Crippen LogP contribution in [0.25, 0.3) is 11.1 Å². The van der Waals surface area contributed by atoms with Crippen LogP contribution in [-0.4, -0.2) is 26.6 Å². The fourth-order valence-corrected chi connectivity index (χ4v) is 3.01. The molecular weight excluding hydrogens is 336 g/mol. The summed E-state index contributed by atoms with van der Waals surface area (Å²) in [5.74, 6) is 0.787. The first-order valence-electron chi connectivity index (χ1n) is 8.97. The number of benzene rings is 3. The number of rotatable bonds is 7. The second kappa shape index (κ2) is 8.90. The molecule has 0 aliphatic rings. The Bertz CT molecular complexity index is 894. The van der Waals surface area contributed by atoms with E-state index in [9.17, 15) is 4.79 Å². The maximum Gasteiger partial charge on any atom is 0.226 e. The number of hydrogen-bond donors (Lipinski definition) is 1. The average Bonchev–Trinajstić information content (AvgIpc) is 2.73. The lowest BCUT2D eigenvalue weighted by molar-refractivity contribution is -0.116. The van der Waals surface area contributed by atoms with Crippen molar-refractivity contribution in [2.45, 2.75) is 6.42 Å². The van der Waals surface area contributed by atoms with Crippen LogP contribution in [0.1, 0.15) is 6.42 Å². The lowest BCUT2D eigenvalue weighted by atomic mass is 10.0. The molecule has 138 valence electrons. The molecule has 1 N–H and O–H groups in total. The molecule has 0 fully saturated rings. The summed E-state index contributed by atoms with van der Waals surface area (Å²) in [6.07, 6.45) is 0.387. The molecule has 4 nitrogen and oxygen atoms in total. The third kappa shape index (κ3) is 4.67. The van der Waals surface area contributed by atoms with Gasteiger partial charge >= 0.3 is 0 Å². The lowest BCUT2D eigenvalue weighted by Gasteiger charge is -2.21. The number of carbonyl (C=O) groups excluding carboxylic acids is 1. The number of nitrogens with one attached hydrogen (secondary N) is 1. The van der Waals surface area contributed by atoms with E-state index in [1.165, 1.54) is 0 Å². The predicted molar refractivity (Wildman–Crippen MR) is 111 cm³/mol. The van der Waals surface area contributed by atoms with E-state index in [0.29, 0.717) is 13.0 Å². The Kier molecular flexibility index (Phi) is 6.10. The van der Waals surface area contributed by atoms with Gasteiger partial charge in [0, 0.05) is 31.3 Å². The number of ether oxygens (including phenoxy) is 1. The minimum atomic E-state index is -0.0138. The van der Waals surface area contributed by atoms with Crippen molar-refractivity contribution >= 4 is 17.3 Å². The number of anilines is 2. The molecule has 0 saturated carbocycles. The number of hydrogen-bond acceptors (Lipinski definition) is 3. The zero-order chi connectivity index (χ0) is 19.1. The van der Waals surface area contributed by atoms with Crippen molar-refractivity contribution in [2.24, 2.45) is 0 Å². The van der Waals surface area contributed by atoms with Gasteiger partial charge in [-0.3, -0.25) is 4.79 Å². The Morgan fingerprint density at radius 2 is 1.59 bits per heavy atom. The van der Waals surface area contributed by atoms with Crippen LogP contribution in [0.15, 0.2) is 78.9 Å². The van der Waals surface area contributed by atoms with E-state index in [1.807, 2.05) is 90.8 Å². The summed E-state index contributed by atoms with van der Waals surface area (Å²) >= 11 is 0. The van der Waals surface area contributed by atoms with Crippen LogP contribution in [-0.2, 0) is 4.79 Å². The van der Waals surface area contributed by atoms with Crippen molar-refractivity contribution < 1.29 is 9.53 Å². The van der Waals surface area contributed by atoms with Crippen LogP contribution < -0.4 is 15.0 Å². The van der Waals surface area contributed by atoms with Gasteiger partial charge in [0.05, 0.1) is 12.8 Å². The first-order chi connectivity index (χ1) is 13.2. The fourth-order valence-electron chi connectivity index (χ4n) is 3.01. The lowest BCUT2D eigenvalue weighted by Crippen LogP contribution is -2.24. The highest BCUT2D eigenvalue weighted by atomic mass is 16.5. The van der Waals surface area contributed by atoms with Crippen LogP contribution in [0.5, 0.6) is 5.75 Å². The monoisotopic (exact) mass is 360 g/mol. The van der Waals surface area contributed by atoms with Gasteiger partial charge in [-0.05, 0) is 23.8 Å². The SMILES string of the molecule is COc1ccccc1N(C)CCC(=O)Nc1ccccc1-c1ccccc1. The number of amides is 1. The van der Waals surface area contributed by atoms with Gasteiger partial charge in [-0.1, -0.05) is 60.7 Å². The molecule has 0 saturated heterocycles. The van der Waals surface area contributed by atoms with Crippen LogP contribution in [0, 0.1) is 0 Å².